The quantitative estimate of drug-likeness (QED) is 0.431. The average Bonchev–Trinajstić information content (AvgIpc) is 3.42. The number of amides is 1. The second-order valence-corrected chi connectivity index (χ2v) is 8.76. The first-order valence-electron chi connectivity index (χ1n) is 10.9. The van der Waals surface area contributed by atoms with E-state index in [4.69, 9.17) is 26.2 Å². The van der Waals surface area contributed by atoms with E-state index in [0.29, 0.717) is 28.5 Å². The molecule has 9 nitrogen and oxygen atoms in total. The Morgan fingerprint density at radius 2 is 2.03 bits per heavy atom. The lowest BCUT2D eigenvalue weighted by Gasteiger charge is -2.49. The first kappa shape index (κ1) is 22.5. The molecule has 1 saturated heterocycles. The molecule has 2 aliphatic heterocycles. The van der Waals surface area contributed by atoms with Gasteiger partial charge >= 0.3 is 6.36 Å². The van der Waals surface area contributed by atoms with Crippen LogP contribution in [0.2, 0.25) is 0 Å². The van der Waals surface area contributed by atoms with Gasteiger partial charge in [0.05, 0.1) is 46.0 Å². The highest BCUT2D eigenvalue weighted by atomic mass is 19.4. The maximum Gasteiger partial charge on any atom is 0.573 e. The molecular formula is C22H15B2F3N6O3. The number of fused-ring (bicyclic) bond motifs is 6. The minimum absolute atomic E-state index is 0.0375. The lowest BCUT2D eigenvalue weighted by Crippen LogP contribution is -2.60. The van der Waals surface area contributed by atoms with Crippen LogP contribution in [0.1, 0.15) is 34.9 Å². The van der Waals surface area contributed by atoms with Crippen molar-refractivity contribution in [2.75, 3.05) is 5.73 Å². The van der Waals surface area contributed by atoms with Gasteiger partial charge in [0, 0.05) is 11.6 Å². The summed E-state index contributed by atoms with van der Waals surface area (Å²) in [5.74, 6) is -0.588. The molecule has 1 aromatic carbocycles. The van der Waals surface area contributed by atoms with E-state index < -0.39 is 35.5 Å². The van der Waals surface area contributed by atoms with Crippen LogP contribution in [0.4, 0.5) is 19.0 Å². The normalized spacial score (nSPS) is 20.7. The predicted molar refractivity (Wildman–Crippen MR) is 123 cm³/mol. The number of piperidine rings is 1. The topological polar surface area (TPSA) is 108 Å². The number of likely N-dealkylation sites (tertiary alicyclic amines) is 1. The van der Waals surface area contributed by atoms with Crippen LogP contribution in [-0.4, -0.2) is 63.7 Å². The van der Waals surface area contributed by atoms with E-state index in [1.807, 2.05) is 0 Å². The number of carbonyl (C=O) groups excluding carboxylic acids is 1. The Labute approximate surface area is 204 Å². The fraction of sp³-hybridized carbons (Fsp3) is 0.273. The van der Waals surface area contributed by atoms with Crippen molar-refractivity contribution in [3.05, 3.63) is 54.2 Å². The molecule has 178 valence electrons. The molecule has 4 aromatic rings. The number of nitrogens with zero attached hydrogens (tertiary/aromatic N) is 5. The van der Waals surface area contributed by atoms with Gasteiger partial charge in [-0.1, -0.05) is 0 Å². The molecule has 2 N–H and O–H groups in total. The van der Waals surface area contributed by atoms with Gasteiger partial charge < -0.3 is 20.1 Å². The van der Waals surface area contributed by atoms with E-state index in [0.717, 1.165) is 12.1 Å². The lowest BCUT2D eigenvalue weighted by atomic mass is 9.55. The zero-order valence-corrected chi connectivity index (χ0v) is 18.4. The number of rotatable bonds is 2. The summed E-state index contributed by atoms with van der Waals surface area (Å²) in [6.07, 6.45) is -0.340. The monoisotopic (exact) mass is 490 g/mol. The number of imidazole rings is 1. The van der Waals surface area contributed by atoms with Crippen LogP contribution in [0, 0.1) is 0 Å². The zero-order valence-electron chi connectivity index (χ0n) is 18.4. The van der Waals surface area contributed by atoms with E-state index in [2.05, 4.69) is 19.7 Å². The van der Waals surface area contributed by atoms with Gasteiger partial charge in [0.15, 0.2) is 0 Å². The Kier molecular flexibility index (Phi) is 4.70. The molecule has 1 amide bonds. The van der Waals surface area contributed by atoms with E-state index in [1.54, 1.807) is 16.9 Å². The van der Waals surface area contributed by atoms with Crippen LogP contribution in [0.15, 0.2) is 43.0 Å². The van der Waals surface area contributed by atoms with Crippen molar-refractivity contribution in [2.45, 2.75) is 36.7 Å². The highest BCUT2D eigenvalue weighted by Gasteiger charge is 2.50. The number of alkyl halides is 3. The molecule has 14 heteroatoms. The van der Waals surface area contributed by atoms with Crippen LogP contribution in [0.3, 0.4) is 0 Å². The van der Waals surface area contributed by atoms with Crippen molar-refractivity contribution in [2.24, 2.45) is 0 Å². The van der Waals surface area contributed by atoms with Crippen LogP contribution < -0.4 is 15.2 Å². The zero-order chi connectivity index (χ0) is 25.4. The van der Waals surface area contributed by atoms with E-state index in [9.17, 15) is 18.0 Å². The number of hydrogen-bond donors (Lipinski definition) is 1. The Morgan fingerprint density at radius 3 is 2.81 bits per heavy atom. The minimum atomic E-state index is -4.85. The summed E-state index contributed by atoms with van der Waals surface area (Å²) >= 11 is 0. The number of aromatic nitrogens is 4. The lowest BCUT2D eigenvalue weighted by molar-refractivity contribution is -0.274. The molecule has 2 aliphatic rings. The van der Waals surface area contributed by atoms with Crippen molar-refractivity contribution in [3.8, 4) is 11.5 Å². The standard InChI is InChI=1S/C22H15B2F3N6O3/c23-21(24)4-3-16-18(11-2-1-10(5-17(11)35-16)36-22(25,26)27)33(21)20(34)12-6-14-13(7-30-12)31-19(28)15-8-29-9-32(14)15/h1-2,5-9,16,18H,3-4H2,(H2,28,31). The summed E-state index contributed by atoms with van der Waals surface area (Å²) in [4.78, 5) is 27.7. The van der Waals surface area contributed by atoms with Gasteiger partial charge in [-0.3, -0.25) is 9.20 Å². The molecule has 5 heterocycles. The van der Waals surface area contributed by atoms with Crippen molar-refractivity contribution >= 4 is 44.0 Å². The molecule has 36 heavy (non-hydrogen) atoms. The number of nitrogen functional groups attached to an aromatic ring is 1. The van der Waals surface area contributed by atoms with Gasteiger partial charge in [-0.2, -0.15) is 0 Å². The van der Waals surface area contributed by atoms with E-state index in [1.165, 1.54) is 23.2 Å². The van der Waals surface area contributed by atoms with Crippen molar-refractivity contribution < 1.29 is 27.4 Å². The maximum absolute atomic E-state index is 13.8. The molecule has 0 bridgehead atoms. The summed E-state index contributed by atoms with van der Waals surface area (Å²) in [6.45, 7) is 0. The first-order valence-corrected chi connectivity index (χ1v) is 10.9. The Bertz CT molecular complexity index is 1540. The van der Waals surface area contributed by atoms with Gasteiger partial charge in [0.25, 0.3) is 5.91 Å². The first-order chi connectivity index (χ1) is 17.0. The smallest absolute Gasteiger partial charge is 0.487 e. The van der Waals surface area contributed by atoms with Crippen molar-refractivity contribution in [1.82, 2.24) is 24.3 Å². The third kappa shape index (κ3) is 3.50. The molecule has 4 radical (unpaired) electrons. The largest absolute Gasteiger partial charge is 0.573 e. The second-order valence-electron chi connectivity index (χ2n) is 8.76. The maximum atomic E-state index is 13.8. The van der Waals surface area contributed by atoms with Crippen LogP contribution in [0.25, 0.3) is 16.6 Å². The average molecular weight is 490 g/mol. The number of carbonyl (C=O) groups is 1. The fourth-order valence-electron chi connectivity index (χ4n) is 4.90. The summed E-state index contributed by atoms with van der Waals surface area (Å²) in [5.41, 5.74) is 8.03. The number of ether oxygens (including phenoxy) is 2. The van der Waals surface area contributed by atoms with Gasteiger partial charge in [0.2, 0.25) is 0 Å². The van der Waals surface area contributed by atoms with Crippen LogP contribution in [0.5, 0.6) is 11.5 Å². The number of hydrogen-bond acceptors (Lipinski definition) is 7. The molecule has 3 aromatic heterocycles. The summed E-state index contributed by atoms with van der Waals surface area (Å²) < 4.78 is 49.6. The molecule has 0 saturated carbocycles. The molecule has 6 rings (SSSR count). The number of anilines is 1. The molecule has 0 spiro atoms. The van der Waals surface area contributed by atoms with Gasteiger partial charge in [-0.15, -0.1) is 13.2 Å². The number of nitrogens with two attached hydrogens (primary N) is 1. The molecule has 1 fully saturated rings. The molecular weight excluding hydrogens is 475 g/mol. The number of benzene rings is 1. The minimum Gasteiger partial charge on any atom is -0.487 e. The molecule has 0 aliphatic carbocycles. The SMILES string of the molecule is [B]C1([B])CCC2Oc3cc(OC(F)(F)F)ccc3C2N1C(=O)c1cc2c(cn1)nc(N)c1cncn12. The number of pyridine rings is 1. The third-order valence-electron chi connectivity index (χ3n) is 6.42. The summed E-state index contributed by atoms with van der Waals surface area (Å²) in [6, 6.07) is 4.50. The highest BCUT2D eigenvalue weighted by Crippen LogP contribution is 2.49. The predicted octanol–water partition coefficient (Wildman–Crippen LogP) is 2.49. The van der Waals surface area contributed by atoms with Crippen LogP contribution >= 0.6 is 0 Å². The van der Waals surface area contributed by atoms with Crippen LogP contribution in [-0.2, 0) is 0 Å². The van der Waals surface area contributed by atoms with E-state index in [-0.39, 0.29) is 23.7 Å². The number of halogens is 3. The molecule has 2 atom stereocenters. The van der Waals surface area contributed by atoms with Gasteiger partial charge in [-0.25, -0.2) is 15.0 Å². The van der Waals surface area contributed by atoms with E-state index >= 15 is 0 Å². The second kappa shape index (κ2) is 7.52. The Balaban J connectivity index is 1.42. The Hall–Kier alpha value is -3.96. The Morgan fingerprint density at radius 1 is 1.22 bits per heavy atom. The summed E-state index contributed by atoms with van der Waals surface area (Å²) in [7, 11) is 12.8. The molecule has 2 unspecified atom stereocenters. The highest BCUT2D eigenvalue weighted by molar-refractivity contribution is 6.41. The fourth-order valence-corrected chi connectivity index (χ4v) is 4.90. The van der Waals surface area contributed by atoms with Gasteiger partial charge in [-0.05, 0) is 36.4 Å². The summed E-state index contributed by atoms with van der Waals surface area (Å²) in [5, 5.41) is -1.56. The van der Waals surface area contributed by atoms with Gasteiger partial charge in [0.1, 0.15) is 40.1 Å². The van der Waals surface area contributed by atoms with Crippen molar-refractivity contribution in [3.63, 3.8) is 0 Å². The third-order valence-corrected chi connectivity index (χ3v) is 6.42. The van der Waals surface area contributed by atoms with Crippen molar-refractivity contribution in [1.29, 1.82) is 0 Å².